The van der Waals surface area contributed by atoms with Crippen LogP contribution in [0.5, 0.6) is 5.75 Å². The fourth-order valence-electron chi connectivity index (χ4n) is 0.452. The van der Waals surface area contributed by atoms with Gasteiger partial charge in [-0.1, -0.05) is 23.7 Å². The van der Waals surface area contributed by atoms with E-state index in [1.54, 1.807) is 24.3 Å². The van der Waals surface area contributed by atoms with E-state index >= 15 is 0 Å². The van der Waals surface area contributed by atoms with Crippen molar-refractivity contribution >= 4 is 11.6 Å². The fraction of sp³-hybridized carbons (Fsp3) is 0. The largest absolute Gasteiger partial charge is 2.00 e. The van der Waals surface area contributed by atoms with E-state index in [-0.39, 0.29) is 22.8 Å². The minimum atomic E-state index is 0. The standard InChI is InChI=1S/C6H5ClO.Cu/c7-5-3-1-2-4-6(5)8;/h1-4,8H;/q;+2. The van der Waals surface area contributed by atoms with E-state index in [1.165, 1.54) is 0 Å². The number of halogens is 1. The Kier molecular flexibility index (Phi) is 3.71. The SMILES string of the molecule is Oc1ccccc1Cl.[Cu+2]. The number of hydrogen-bond acceptors (Lipinski definition) is 1. The van der Waals surface area contributed by atoms with Crippen molar-refractivity contribution in [1.82, 2.24) is 0 Å². The summed E-state index contributed by atoms with van der Waals surface area (Å²) in [7, 11) is 0. The Labute approximate surface area is 69.1 Å². The summed E-state index contributed by atoms with van der Waals surface area (Å²) < 4.78 is 0. The quantitative estimate of drug-likeness (QED) is 0.623. The van der Waals surface area contributed by atoms with Crippen LogP contribution < -0.4 is 0 Å². The molecule has 0 spiro atoms. The summed E-state index contributed by atoms with van der Waals surface area (Å²) in [6.45, 7) is 0. The van der Waals surface area contributed by atoms with Gasteiger partial charge in [0.15, 0.2) is 0 Å². The van der Waals surface area contributed by atoms with Crippen molar-refractivity contribution in [2.24, 2.45) is 0 Å². The van der Waals surface area contributed by atoms with Crippen LogP contribution in [0.4, 0.5) is 0 Å². The van der Waals surface area contributed by atoms with Gasteiger partial charge in [-0.3, -0.25) is 0 Å². The van der Waals surface area contributed by atoms with E-state index in [1.807, 2.05) is 0 Å². The average molecular weight is 192 g/mol. The Balaban J connectivity index is 0.000000640. The van der Waals surface area contributed by atoms with E-state index in [0.29, 0.717) is 5.02 Å². The summed E-state index contributed by atoms with van der Waals surface area (Å²) in [5.74, 6) is 0.133. The zero-order chi connectivity index (χ0) is 5.98. The Morgan fingerprint density at radius 1 is 1.22 bits per heavy atom. The van der Waals surface area contributed by atoms with Crippen molar-refractivity contribution in [3.8, 4) is 5.75 Å². The minimum Gasteiger partial charge on any atom is -0.506 e. The molecule has 0 amide bonds. The van der Waals surface area contributed by atoms with Crippen LogP contribution in [0.1, 0.15) is 0 Å². The molecule has 0 fully saturated rings. The molecule has 0 aliphatic heterocycles. The predicted octanol–water partition coefficient (Wildman–Crippen LogP) is 2.04. The van der Waals surface area contributed by atoms with Gasteiger partial charge in [-0.2, -0.15) is 0 Å². The van der Waals surface area contributed by atoms with Crippen molar-refractivity contribution in [3.63, 3.8) is 0 Å². The summed E-state index contributed by atoms with van der Waals surface area (Å²) >= 11 is 5.46. The van der Waals surface area contributed by atoms with Crippen LogP contribution in [-0.4, -0.2) is 5.11 Å². The second-order valence-corrected chi connectivity index (χ2v) is 1.86. The number of phenols is 1. The third-order valence-electron chi connectivity index (χ3n) is 0.852. The molecule has 1 N–H and O–H groups in total. The van der Waals surface area contributed by atoms with Crippen molar-refractivity contribution in [2.75, 3.05) is 0 Å². The molecule has 1 radical (unpaired) electrons. The van der Waals surface area contributed by atoms with Gasteiger partial charge in [-0.15, -0.1) is 0 Å². The molecule has 3 heteroatoms. The molecule has 1 nitrogen and oxygen atoms in total. The van der Waals surface area contributed by atoms with Gasteiger partial charge >= 0.3 is 17.1 Å². The Bertz CT molecular complexity index is 169. The number of phenolic OH excluding ortho intramolecular Hbond substituents is 1. The number of hydrogen-bond donors (Lipinski definition) is 1. The molecule has 0 saturated heterocycles. The second-order valence-electron chi connectivity index (χ2n) is 1.45. The van der Waals surface area contributed by atoms with Gasteiger partial charge in [0.2, 0.25) is 0 Å². The van der Waals surface area contributed by atoms with Gasteiger partial charge in [0, 0.05) is 0 Å². The summed E-state index contributed by atoms with van der Waals surface area (Å²) in [6, 6.07) is 6.67. The second kappa shape index (κ2) is 3.78. The van der Waals surface area contributed by atoms with Crippen molar-refractivity contribution in [1.29, 1.82) is 0 Å². The molecule has 1 aromatic rings. The predicted molar refractivity (Wildman–Crippen MR) is 33.1 cm³/mol. The summed E-state index contributed by atoms with van der Waals surface area (Å²) in [5.41, 5.74) is 0. The van der Waals surface area contributed by atoms with Crippen LogP contribution in [0.25, 0.3) is 0 Å². The fourth-order valence-corrected chi connectivity index (χ4v) is 0.587. The van der Waals surface area contributed by atoms with Gasteiger partial charge in [0.05, 0.1) is 5.02 Å². The molecule has 9 heavy (non-hydrogen) atoms. The van der Waals surface area contributed by atoms with Crippen LogP contribution in [0, 0.1) is 0 Å². The molecule has 1 rings (SSSR count). The Morgan fingerprint density at radius 3 is 2.11 bits per heavy atom. The molecular formula is C6H5ClCuO+2. The average Bonchev–Trinajstić information content (AvgIpc) is 1.77. The maximum atomic E-state index is 8.79. The van der Waals surface area contributed by atoms with Crippen molar-refractivity contribution in [3.05, 3.63) is 29.3 Å². The maximum absolute atomic E-state index is 8.79. The van der Waals surface area contributed by atoms with Gasteiger partial charge in [0.1, 0.15) is 5.75 Å². The summed E-state index contributed by atoms with van der Waals surface area (Å²) in [4.78, 5) is 0. The van der Waals surface area contributed by atoms with Gasteiger partial charge in [0.25, 0.3) is 0 Å². The Hall–Kier alpha value is -0.171. The van der Waals surface area contributed by atoms with E-state index in [0.717, 1.165) is 0 Å². The first-order valence-electron chi connectivity index (χ1n) is 2.24. The molecule has 0 saturated carbocycles. The molecular weight excluding hydrogens is 187 g/mol. The van der Waals surface area contributed by atoms with Gasteiger partial charge < -0.3 is 5.11 Å². The number of para-hydroxylation sites is 1. The van der Waals surface area contributed by atoms with Crippen molar-refractivity contribution < 1.29 is 22.2 Å². The monoisotopic (exact) mass is 191 g/mol. The zero-order valence-corrected chi connectivity index (χ0v) is 6.13. The molecule has 1 aromatic carbocycles. The van der Waals surface area contributed by atoms with E-state index < -0.39 is 0 Å². The number of rotatable bonds is 0. The minimum absolute atomic E-state index is 0. The summed E-state index contributed by atoms with van der Waals surface area (Å²) in [5, 5.41) is 9.18. The molecule has 0 heterocycles. The third kappa shape index (κ3) is 2.27. The first-order valence-corrected chi connectivity index (χ1v) is 2.62. The maximum Gasteiger partial charge on any atom is 2.00 e. The van der Waals surface area contributed by atoms with Crippen LogP contribution in [0.3, 0.4) is 0 Å². The van der Waals surface area contributed by atoms with E-state index in [9.17, 15) is 0 Å². The molecule has 0 bridgehead atoms. The summed E-state index contributed by atoms with van der Waals surface area (Å²) in [6.07, 6.45) is 0. The van der Waals surface area contributed by atoms with Crippen LogP contribution >= 0.6 is 11.6 Å². The van der Waals surface area contributed by atoms with Gasteiger partial charge in [-0.25, -0.2) is 0 Å². The first-order chi connectivity index (χ1) is 3.80. The number of benzene rings is 1. The van der Waals surface area contributed by atoms with Crippen LogP contribution in [-0.2, 0) is 17.1 Å². The normalized spacial score (nSPS) is 8.11. The van der Waals surface area contributed by atoms with Crippen LogP contribution in [0.15, 0.2) is 24.3 Å². The molecule has 0 aliphatic carbocycles. The third-order valence-corrected chi connectivity index (χ3v) is 1.17. The molecule has 0 unspecified atom stereocenters. The van der Waals surface area contributed by atoms with Gasteiger partial charge in [-0.05, 0) is 12.1 Å². The molecule has 0 aromatic heterocycles. The van der Waals surface area contributed by atoms with E-state index in [2.05, 4.69) is 0 Å². The first kappa shape index (κ1) is 8.83. The topological polar surface area (TPSA) is 20.2 Å². The van der Waals surface area contributed by atoms with E-state index in [4.69, 9.17) is 16.7 Å². The molecule has 51 valence electrons. The zero-order valence-electron chi connectivity index (χ0n) is 4.44. The Morgan fingerprint density at radius 2 is 1.78 bits per heavy atom. The smallest absolute Gasteiger partial charge is 0.506 e. The van der Waals surface area contributed by atoms with Crippen LogP contribution in [0.2, 0.25) is 5.02 Å². The molecule has 0 aliphatic rings. The molecule has 0 atom stereocenters. The van der Waals surface area contributed by atoms with Crippen molar-refractivity contribution in [2.45, 2.75) is 0 Å². The number of aromatic hydroxyl groups is 1.